The number of cyclic esters (lactones) is 1. The maximum Gasteiger partial charge on any atom is 0.309 e. The molecule has 1 aliphatic rings. The molecule has 152 valence electrons. The largest absolute Gasteiger partial charge is 0.463 e. The van der Waals surface area contributed by atoms with Crippen LogP contribution in [0.2, 0.25) is 0 Å². The van der Waals surface area contributed by atoms with E-state index in [4.69, 9.17) is 9.47 Å². The van der Waals surface area contributed by atoms with Gasteiger partial charge in [-0.25, -0.2) is 0 Å². The highest BCUT2D eigenvalue weighted by molar-refractivity contribution is 5.80. The second-order valence-corrected chi connectivity index (χ2v) is 7.89. The number of rotatable bonds is 3. The van der Waals surface area contributed by atoms with E-state index in [1.54, 1.807) is 20.8 Å². The van der Waals surface area contributed by atoms with Crippen molar-refractivity contribution in [3.8, 4) is 0 Å². The van der Waals surface area contributed by atoms with Crippen LogP contribution in [0.25, 0.3) is 0 Å². The van der Waals surface area contributed by atoms with Crippen molar-refractivity contribution in [1.29, 1.82) is 0 Å². The average Bonchev–Trinajstić information content (AvgIpc) is 2.62. The molecule has 2 rings (SSSR count). The van der Waals surface area contributed by atoms with Gasteiger partial charge in [-0.2, -0.15) is 0 Å². The van der Waals surface area contributed by atoms with Crippen LogP contribution >= 0.6 is 0 Å². The molecule has 6 heteroatoms. The van der Waals surface area contributed by atoms with E-state index in [9.17, 15) is 14.4 Å². The van der Waals surface area contributed by atoms with Crippen LogP contribution < -0.4 is 5.32 Å². The van der Waals surface area contributed by atoms with Gasteiger partial charge in [0, 0.05) is 6.42 Å². The summed E-state index contributed by atoms with van der Waals surface area (Å²) in [5.41, 5.74) is 0.255. The first kappa shape index (κ1) is 21.7. The minimum atomic E-state index is -0.613. The van der Waals surface area contributed by atoms with Gasteiger partial charge in [0.15, 0.2) is 0 Å². The number of esters is 2. The molecule has 1 N–H and O–H groups in total. The highest BCUT2D eigenvalue weighted by atomic mass is 16.6. The third kappa shape index (κ3) is 7.55. The summed E-state index contributed by atoms with van der Waals surface area (Å²) in [5.74, 6) is -1.60. The summed E-state index contributed by atoms with van der Waals surface area (Å²) in [6.07, 6.45) is 4.93. The summed E-state index contributed by atoms with van der Waals surface area (Å²) in [5, 5.41) is 2.92. The van der Waals surface area contributed by atoms with Gasteiger partial charge in [0.1, 0.15) is 12.2 Å². The molecule has 0 aromatic heterocycles. The van der Waals surface area contributed by atoms with Gasteiger partial charge < -0.3 is 14.8 Å². The number of amides is 1. The zero-order valence-corrected chi connectivity index (χ0v) is 16.8. The van der Waals surface area contributed by atoms with Crippen molar-refractivity contribution in [2.45, 2.75) is 58.1 Å². The second-order valence-electron chi connectivity index (χ2n) is 7.89. The van der Waals surface area contributed by atoms with Crippen LogP contribution in [0.15, 0.2) is 42.5 Å². The molecule has 0 spiro atoms. The van der Waals surface area contributed by atoms with Gasteiger partial charge >= 0.3 is 11.9 Å². The number of nitrogens with one attached hydrogen (secondary N) is 1. The normalized spacial score (nSPS) is 22.8. The summed E-state index contributed by atoms with van der Waals surface area (Å²) in [6, 6.07) is 8.95. The molecule has 0 radical (unpaired) electrons. The van der Waals surface area contributed by atoms with Gasteiger partial charge in [-0.15, -0.1) is 0 Å². The van der Waals surface area contributed by atoms with Crippen LogP contribution in [0.1, 0.15) is 58.1 Å². The standard InChI is InChI=1S/C22H29NO5/c1-22(2,3)28-20(25)14-17-12-8-5-9-13-19(24)23-18(15-27-21(17)26)16-10-6-4-7-11-16/h4-8,10-11,17-18H,9,12-15H2,1-3H3,(H,23,24)/b8-5+/t17-,18?/m0/s1. The molecular weight excluding hydrogens is 358 g/mol. The smallest absolute Gasteiger partial charge is 0.309 e. The predicted molar refractivity (Wildman–Crippen MR) is 105 cm³/mol. The van der Waals surface area contributed by atoms with E-state index in [1.807, 2.05) is 42.5 Å². The number of allylic oxidation sites excluding steroid dienone is 2. The summed E-state index contributed by atoms with van der Waals surface area (Å²) >= 11 is 0. The van der Waals surface area contributed by atoms with Crippen molar-refractivity contribution in [3.63, 3.8) is 0 Å². The minimum absolute atomic E-state index is 0.0170. The fourth-order valence-electron chi connectivity index (χ4n) is 2.90. The van der Waals surface area contributed by atoms with E-state index in [2.05, 4.69) is 5.32 Å². The molecule has 1 amide bonds. The number of carbonyl (C=O) groups is 3. The van der Waals surface area contributed by atoms with Gasteiger partial charge in [-0.3, -0.25) is 14.4 Å². The van der Waals surface area contributed by atoms with E-state index < -0.39 is 29.5 Å². The van der Waals surface area contributed by atoms with Gasteiger partial charge in [0.25, 0.3) is 0 Å². The third-order valence-corrected chi connectivity index (χ3v) is 4.22. The lowest BCUT2D eigenvalue weighted by Gasteiger charge is -2.23. The van der Waals surface area contributed by atoms with Crippen LogP contribution in [-0.4, -0.2) is 30.1 Å². The number of benzene rings is 1. The Hall–Kier alpha value is -2.63. The van der Waals surface area contributed by atoms with Crippen LogP contribution in [0, 0.1) is 5.92 Å². The van der Waals surface area contributed by atoms with Crippen LogP contribution in [0.4, 0.5) is 0 Å². The second kappa shape index (κ2) is 10.1. The van der Waals surface area contributed by atoms with Crippen LogP contribution in [0.3, 0.4) is 0 Å². The molecular formula is C22H29NO5. The van der Waals surface area contributed by atoms with Gasteiger partial charge in [0.2, 0.25) is 5.91 Å². The summed E-state index contributed by atoms with van der Waals surface area (Å²) in [6.45, 7) is 5.38. The maximum absolute atomic E-state index is 12.6. The molecule has 0 aliphatic carbocycles. The molecule has 1 aromatic carbocycles. The number of ether oxygens (including phenoxy) is 2. The molecule has 28 heavy (non-hydrogen) atoms. The summed E-state index contributed by atoms with van der Waals surface area (Å²) in [7, 11) is 0. The van der Waals surface area contributed by atoms with E-state index in [1.165, 1.54) is 0 Å². The summed E-state index contributed by atoms with van der Waals surface area (Å²) in [4.78, 5) is 36.9. The van der Waals surface area contributed by atoms with Gasteiger partial charge in [-0.1, -0.05) is 42.5 Å². The lowest BCUT2D eigenvalue weighted by molar-refractivity contribution is -0.161. The summed E-state index contributed by atoms with van der Waals surface area (Å²) < 4.78 is 10.8. The Morgan fingerprint density at radius 1 is 1.18 bits per heavy atom. The Labute approximate surface area is 166 Å². The monoisotopic (exact) mass is 387 g/mol. The zero-order valence-electron chi connectivity index (χ0n) is 16.8. The molecule has 0 fully saturated rings. The predicted octanol–water partition coefficient (Wildman–Crippen LogP) is 3.48. The molecule has 6 nitrogen and oxygen atoms in total. The molecule has 1 heterocycles. The Morgan fingerprint density at radius 2 is 1.89 bits per heavy atom. The Bertz CT molecular complexity index is 705. The van der Waals surface area contributed by atoms with Crippen molar-refractivity contribution in [1.82, 2.24) is 5.32 Å². The van der Waals surface area contributed by atoms with Crippen molar-refractivity contribution in [2.24, 2.45) is 5.92 Å². The Morgan fingerprint density at radius 3 is 2.57 bits per heavy atom. The van der Waals surface area contributed by atoms with E-state index >= 15 is 0 Å². The number of carbonyl (C=O) groups excluding carboxylic acids is 3. The highest BCUT2D eigenvalue weighted by Crippen LogP contribution is 2.20. The molecule has 0 bridgehead atoms. The fourth-order valence-corrected chi connectivity index (χ4v) is 2.90. The van der Waals surface area contributed by atoms with E-state index in [-0.39, 0.29) is 18.9 Å². The molecule has 1 unspecified atom stereocenters. The van der Waals surface area contributed by atoms with E-state index in [0.717, 1.165) is 5.56 Å². The van der Waals surface area contributed by atoms with E-state index in [0.29, 0.717) is 19.3 Å². The maximum atomic E-state index is 12.6. The number of hydrogen-bond donors (Lipinski definition) is 1. The first-order chi connectivity index (χ1) is 13.2. The topological polar surface area (TPSA) is 81.7 Å². The molecule has 0 saturated heterocycles. The van der Waals surface area contributed by atoms with Crippen LogP contribution in [0.5, 0.6) is 0 Å². The van der Waals surface area contributed by atoms with Crippen molar-refractivity contribution < 1.29 is 23.9 Å². The fraction of sp³-hybridized carbons (Fsp3) is 0.500. The molecule has 2 atom stereocenters. The quantitative estimate of drug-likeness (QED) is 0.634. The lowest BCUT2D eigenvalue weighted by atomic mass is 10.00. The highest BCUT2D eigenvalue weighted by Gasteiger charge is 2.27. The third-order valence-electron chi connectivity index (χ3n) is 4.22. The molecule has 1 aromatic rings. The van der Waals surface area contributed by atoms with Crippen molar-refractivity contribution in [2.75, 3.05) is 6.61 Å². The SMILES string of the molecule is CC(C)(C)OC(=O)C[C@@H]1C/C=C/CCC(=O)NC(c2ccccc2)COC1=O. The van der Waals surface area contributed by atoms with Crippen molar-refractivity contribution >= 4 is 17.8 Å². The van der Waals surface area contributed by atoms with Gasteiger partial charge in [0.05, 0.1) is 18.4 Å². The minimum Gasteiger partial charge on any atom is -0.463 e. The number of hydrogen-bond acceptors (Lipinski definition) is 5. The zero-order chi connectivity index (χ0) is 20.6. The molecule has 0 saturated carbocycles. The molecule has 1 aliphatic heterocycles. The van der Waals surface area contributed by atoms with Crippen LogP contribution in [-0.2, 0) is 23.9 Å². The van der Waals surface area contributed by atoms with Crippen molar-refractivity contribution in [3.05, 3.63) is 48.0 Å². The Balaban J connectivity index is 2.11. The average molecular weight is 387 g/mol. The first-order valence-electron chi connectivity index (χ1n) is 9.62. The Kier molecular flexibility index (Phi) is 7.79. The van der Waals surface area contributed by atoms with Gasteiger partial charge in [-0.05, 0) is 39.2 Å². The first-order valence-corrected chi connectivity index (χ1v) is 9.62. The lowest BCUT2D eigenvalue weighted by Crippen LogP contribution is -2.34.